The molecule has 5 heteroatoms. The number of rotatable bonds is 4. The maximum atomic E-state index is 13.6. The Morgan fingerprint density at radius 1 is 1.12 bits per heavy atom. The summed E-state index contributed by atoms with van der Waals surface area (Å²) in [5.41, 5.74) is 2.92. The summed E-state index contributed by atoms with van der Waals surface area (Å²) in [7, 11) is 0. The number of nitrogens with one attached hydrogen (secondary N) is 2. The summed E-state index contributed by atoms with van der Waals surface area (Å²) in [6.45, 7) is 7.19. The van der Waals surface area contributed by atoms with E-state index in [-0.39, 0.29) is 17.8 Å². The number of guanidine groups is 1. The molecule has 0 bridgehead atoms. The normalized spacial score (nSPS) is 11.7. The van der Waals surface area contributed by atoms with E-state index in [2.05, 4.69) is 48.5 Å². The van der Waals surface area contributed by atoms with Crippen LogP contribution in [-0.2, 0) is 18.5 Å². The van der Waals surface area contributed by atoms with Gasteiger partial charge in [-0.05, 0) is 22.6 Å². The number of aliphatic imine (C=N–C) groups is 1. The van der Waals surface area contributed by atoms with Gasteiger partial charge in [-0.2, -0.15) is 5.26 Å². The molecule has 130 valence electrons. The maximum absolute atomic E-state index is 13.6. The molecule has 0 unspecified atom stereocenters. The molecule has 0 spiro atoms. The van der Waals surface area contributed by atoms with Crippen LogP contribution in [0.25, 0.3) is 0 Å². The molecule has 2 aromatic carbocycles. The number of nitrogens with zero attached hydrogens (tertiary/aromatic N) is 2. The molecule has 0 aliphatic heterocycles. The van der Waals surface area contributed by atoms with E-state index in [0.717, 1.165) is 5.56 Å². The van der Waals surface area contributed by atoms with Gasteiger partial charge in [0.05, 0.1) is 6.54 Å². The Kier molecular flexibility index (Phi) is 6.13. The van der Waals surface area contributed by atoms with E-state index >= 15 is 0 Å². The fourth-order valence-electron chi connectivity index (χ4n) is 2.29. The Labute approximate surface area is 148 Å². The van der Waals surface area contributed by atoms with Crippen LogP contribution in [0.3, 0.4) is 0 Å². The average molecular weight is 338 g/mol. The molecule has 0 radical (unpaired) electrons. The molecule has 0 atom stereocenters. The minimum atomic E-state index is -0.288. The maximum Gasteiger partial charge on any atom is 0.205 e. The van der Waals surface area contributed by atoms with Gasteiger partial charge in [0, 0.05) is 12.1 Å². The molecule has 4 nitrogen and oxygen atoms in total. The van der Waals surface area contributed by atoms with Crippen LogP contribution in [0.4, 0.5) is 4.39 Å². The fourth-order valence-corrected chi connectivity index (χ4v) is 2.29. The van der Waals surface area contributed by atoms with Crippen molar-refractivity contribution in [2.75, 3.05) is 0 Å². The second-order valence-electron chi connectivity index (χ2n) is 6.79. The second-order valence-corrected chi connectivity index (χ2v) is 6.79. The highest BCUT2D eigenvalue weighted by molar-refractivity contribution is 5.81. The van der Waals surface area contributed by atoms with Crippen molar-refractivity contribution < 1.29 is 4.39 Å². The first-order valence-corrected chi connectivity index (χ1v) is 8.16. The van der Waals surface area contributed by atoms with Crippen molar-refractivity contribution in [2.45, 2.75) is 39.3 Å². The number of hydrogen-bond acceptors (Lipinski definition) is 2. The molecule has 0 amide bonds. The van der Waals surface area contributed by atoms with Gasteiger partial charge in [-0.25, -0.2) is 9.38 Å². The van der Waals surface area contributed by atoms with Crippen molar-refractivity contribution in [2.24, 2.45) is 4.99 Å². The van der Waals surface area contributed by atoms with E-state index in [1.807, 2.05) is 18.3 Å². The first kappa shape index (κ1) is 18.5. The highest BCUT2D eigenvalue weighted by atomic mass is 19.1. The molecular formula is C20H23FN4. The topological polar surface area (TPSA) is 60.2 Å². The first-order valence-electron chi connectivity index (χ1n) is 8.16. The van der Waals surface area contributed by atoms with Crippen LogP contribution >= 0.6 is 0 Å². The highest BCUT2D eigenvalue weighted by Crippen LogP contribution is 2.22. The summed E-state index contributed by atoms with van der Waals surface area (Å²) in [4.78, 5) is 4.37. The molecule has 0 aliphatic carbocycles. The second kappa shape index (κ2) is 8.29. The van der Waals surface area contributed by atoms with E-state index in [0.29, 0.717) is 18.1 Å². The van der Waals surface area contributed by atoms with Gasteiger partial charge in [0.15, 0.2) is 6.19 Å². The molecule has 2 rings (SSSR count). The quantitative estimate of drug-likeness (QED) is 0.385. The van der Waals surface area contributed by atoms with Crippen molar-refractivity contribution >= 4 is 5.96 Å². The van der Waals surface area contributed by atoms with Crippen molar-refractivity contribution in [3.63, 3.8) is 0 Å². The lowest BCUT2D eigenvalue weighted by Gasteiger charge is -2.19. The SMILES string of the molecule is CC(C)(C)c1ccc(CN=C(NC#N)NCc2ccccc2F)cc1. The average Bonchev–Trinajstić information content (AvgIpc) is 2.58. The van der Waals surface area contributed by atoms with E-state index in [4.69, 9.17) is 5.26 Å². The fraction of sp³-hybridized carbons (Fsp3) is 0.300. The number of nitriles is 1. The molecule has 25 heavy (non-hydrogen) atoms. The predicted molar refractivity (Wildman–Crippen MR) is 98.3 cm³/mol. The Morgan fingerprint density at radius 2 is 1.80 bits per heavy atom. The van der Waals surface area contributed by atoms with Crippen molar-refractivity contribution in [3.8, 4) is 6.19 Å². The molecule has 2 N–H and O–H groups in total. The predicted octanol–water partition coefficient (Wildman–Crippen LogP) is 3.84. The van der Waals surface area contributed by atoms with Gasteiger partial charge in [0.2, 0.25) is 5.96 Å². The first-order chi connectivity index (χ1) is 11.9. The Balaban J connectivity index is 2.02. The number of benzene rings is 2. The van der Waals surface area contributed by atoms with E-state index in [1.165, 1.54) is 11.6 Å². The monoisotopic (exact) mass is 338 g/mol. The third-order valence-corrected chi connectivity index (χ3v) is 3.82. The Bertz CT molecular complexity index is 768. The van der Waals surface area contributed by atoms with Gasteiger partial charge in [0.1, 0.15) is 5.82 Å². The van der Waals surface area contributed by atoms with Crippen LogP contribution in [0, 0.1) is 17.3 Å². The van der Waals surface area contributed by atoms with Gasteiger partial charge in [-0.1, -0.05) is 63.2 Å². The highest BCUT2D eigenvalue weighted by Gasteiger charge is 2.12. The van der Waals surface area contributed by atoms with Gasteiger partial charge < -0.3 is 5.32 Å². The summed E-state index contributed by atoms with van der Waals surface area (Å²) in [5.74, 6) is 0.0368. The summed E-state index contributed by atoms with van der Waals surface area (Å²) in [5, 5.41) is 14.3. The van der Waals surface area contributed by atoms with Crippen molar-refractivity contribution in [1.29, 1.82) is 5.26 Å². The van der Waals surface area contributed by atoms with Gasteiger partial charge in [0.25, 0.3) is 0 Å². The van der Waals surface area contributed by atoms with Crippen LogP contribution in [0.5, 0.6) is 0 Å². The Morgan fingerprint density at radius 3 is 2.40 bits per heavy atom. The van der Waals surface area contributed by atoms with E-state index < -0.39 is 0 Å². The zero-order chi connectivity index (χ0) is 18.3. The van der Waals surface area contributed by atoms with Crippen LogP contribution < -0.4 is 10.6 Å². The Hall–Kier alpha value is -2.87. The molecular weight excluding hydrogens is 315 g/mol. The number of hydrogen-bond donors (Lipinski definition) is 2. The van der Waals surface area contributed by atoms with Crippen molar-refractivity contribution in [1.82, 2.24) is 10.6 Å². The smallest absolute Gasteiger partial charge is 0.205 e. The zero-order valence-electron chi connectivity index (χ0n) is 14.8. The van der Waals surface area contributed by atoms with Crippen molar-refractivity contribution in [3.05, 3.63) is 71.0 Å². The van der Waals surface area contributed by atoms with Crippen LogP contribution in [-0.4, -0.2) is 5.96 Å². The zero-order valence-corrected chi connectivity index (χ0v) is 14.8. The minimum Gasteiger partial charge on any atom is -0.351 e. The van der Waals surface area contributed by atoms with Gasteiger partial charge >= 0.3 is 0 Å². The lowest BCUT2D eigenvalue weighted by atomic mass is 9.87. The van der Waals surface area contributed by atoms with E-state index in [1.54, 1.807) is 18.2 Å². The lowest BCUT2D eigenvalue weighted by Crippen LogP contribution is -2.34. The number of halogens is 1. The van der Waals surface area contributed by atoms with Gasteiger partial charge in [-0.15, -0.1) is 0 Å². The molecule has 0 saturated carbocycles. The summed E-state index contributed by atoms with van der Waals surface area (Å²) in [6, 6.07) is 14.8. The standard InChI is InChI=1S/C20H23FN4/c1-20(2,3)17-10-8-15(9-11-17)12-23-19(25-14-22)24-13-16-6-4-5-7-18(16)21/h4-11H,12-13H2,1-3H3,(H2,23,24,25). The molecule has 0 saturated heterocycles. The summed E-state index contributed by atoms with van der Waals surface area (Å²) in [6.07, 6.45) is 1.85. The third-order valence-electron chi connectivity index (χ3n) is 3.82. The largest absolute Gasteiger partial charge is 0.351 e. The van der Waals surface area contributed by atoms with E-state index in [9.17, 15) is 4.39 Å². The lowest BCUT2D eigenvalue weighted by molar-refractivity contribution is 0.590. The molecule has 0 aliphatic rings. The summed E-state index contributed by atoms with van der Waals surface area (Å²) < 4.78 is 13.6. The third kappa shape index (κ3) is 5.61. The molecule has 0 fully saturated rings. The molecule has 0 aromatic heterocycles. The van der Waals surface area contributed by atoms with Crippen LogP contribution in [0.2, 0.25) is 0 Å². The summed E-state index contributed by atoms with van der Waals surface area (Å²) >= 11 is 0. The molecule has 0 heterocycles. The molecule has 2 aromatic rings. The van der Waals surface area contributed by atoms with Crippen LogP contribution in [0.15, 0.2) is 53.5 Å². The van der Waals surface area contributed by atoms with Crippen LogP contribution in [0.1, 0.15) is 37.5 Å². The van der Waals surface area contributed by atoms with Gasteiger partial charge in [-0.3, -0.25) is 5.32 Å². The minimum absolute atomic E-state index is 0.108.